The van der Waals surface area contributed by atoms with E-state index >= 15 is 0 Å². The lowest BCUT2D eigenvalue weighted by molar-refractivity contribution is 0.889. The minimum absolute atomic E-state index is 0.768. The second kappa shape index (κ2) is 6.15. The Labute approximate surface area is 160 Å². The molecule has 3 aromatic carbocycles. The monoisotopic (exact) mass is 401 g/mol. The molecule has 1 aliphatic heterocycles. The molecular weight excluding hydrogens is 386 g/mol. The molecule has 4 heteroatoms. The molecule has 0 saturated heterocycles. The van der Waals surface area contributed by atoms with Gasteiger partial charge in [-0.2, -0.15) is 5.10 Å². The van der Waals surface area contributed by atoms with Crippen molar-refractivity contribution in [2.24, 2.45) is 0 Å². The van der Waals surface area contributed by atoms with Crippen LogP contribution >= 0.6 is 15.9 Å². The molecule has 4 aromatic rings. The fourth-order valence-electron chi connectivity index (χ4n) is 3.54. The third-order valence-corrected chi connectivity index (χ3v) is 5.21. The molecule has 1 aromatic heterocycles. The summed E-state index contributed by atoms with van der Waals surface area (Å²) in [5.74, 6) is 0. The van der Waals surface area contributed by atoms with E-state index in [4.69, 9.17) is 5.10 Å². The largest absolute Gasteiger partial charge is 0.380 e. The zero-order chi connectivity index (χ0) is 17.5. The first-order chi connectivity index (χ1) is 12.8. The summed E-state index contributed by atoms with van der Waals surface area (Å²) in [6.07, 6.45) is 0. The minimum Gasteiger partial charge on any atom is -0.380 e. The highest BCUT2D eigenvalue weighted by atomic mass is 79.9. The Bertz CT molecular complexity index is 1100. The molecule has 5 rings (SSSR count). The molecule has 1 aliphatic rings. The first-order valence-electron chi connectivity index (χ1n) is 8.58. The Hall–Kier alpha value is -2.85. The maximum absolute atomic E-state index is 5.03. The van der Waals surface area contributed by atoms with Gasteiger partial charge in [0.25, 0.3) is 0 Å². The van der Waals surface area contributed by atoms with E-state index in [9.17, 15) is 0 Å². The molecule has 0 saturated carbocycles. The van der Waals surface area contributed by atoms with Gasteiger partial charge in [0.05, 0.1) is 17.1 Å². The standard InChI is InChI=1S/C22H16BrN3/c23-16-9-6-10-17(13-16)26-22-18-11-4-5-12-20(18)24-14-19(22)21(25-26)15-7-2-1-3-8-15/h1-13,24H,14H2. The topological polar surface area (TPSA) is 29.9 Å². The lowest BCUT2D eigenvalue weighted by atomic mass is 9.97. The van der Waals surface area contributed by atoms with Crippen molar-refractivity contribution in [3.8, 4) is 28.2 Å². The van der Waals surface area contributed by atoms with Gasteiger partial charge in [-0.25, -0.2) is 4.68 Å². The van der Waals surface area contributed by atoms with Gasteiger partial charge in [0.2, 0.25) is 0 Å². The Morgan fingerprint density at radius 3 is 2.54 bits per heavy atom. The normalized spacial score (nSPS) is 12.2. The van der Waals surface area contributed by atoms with Crippen LogP contribution in [0.3, 0.4) is 0 Å². The molecule has 0 atom stereocenters. The first kappa shape index (κ1) is 15.4. The average molecular weight is 402 g/mol. The third-order valence-electron chi connectivity index (χ3n) is 4.72. The van der Waals surface area contributed by atoms with Crippen LogP contribution in [-0.2, 0) is 6.54 Å². The van der Waals surface area contributed by atoms with E-state index in [2.05, 4.69) is 86.6 Å². The molecule has 0 unspecified atom stereocenters. The van der Waals surface area contributed by atoms with Crippen molar-refractivity contribution in [3.05, 3.63) is 88.9 Å². The molecule has 2 heterocycles. The molecular formula is C22H16BrN3. The van der Waals surface area contributed by atoms with Gasteiger partial charge in [0.1, 0.15) is 0 Å². The minimum atomic E-state index is 0.768. The Morgan fingerprint density at radius 1 is 0.885 bits per heavy atom. The Balaban J connectivity index is 1.82. The zero-order valence-electron chi connectivity index (χ0n) is 14.0. The van der Waals surface area contributed by atoms with E-state index in [1.807, 2.05) is 18.2 Å². The highest BCUT2D eigenvalue weighted by Gasteiger charge is 2.26. The zero-order valence-corrected chi connectivity index (χ0v) is 15.6. The average Bonchev–Trinajstić information content (AvgIpc) is 3.09. The van der Waals surface area contributed by atoms with Crippen LogP contribution in [0.15, 0.2) is 83.3 Å². The van der Waals surface area contributed by atoms with Crippen molar-refractivity contribution in [2.45, 2.75) is 6.54 Å². The fourth-order valence-corrected chi connectivity index (χ4v) is 3.93. The van der Waals surface area contributed by atoms with Gasteiger partial charge in [0.15, 0.2) is 0 Å². The number of hydrogen-bond donors (Lipinski definition) is 1. The quantitative estimate of drug-likeness (QED) is 0.453. The number of halogens is 1. The van der Waals surface area contributed by atoms with Crippen LogP contribution in [0.5, 0.6) is 0 Å². The molecule has 0 radical (unpaired) electrons. The number of rotatable bonds is 2. The molecule has 0 amide bonds. The van der Waals surface area contributed by atoms with Crippen LogP contribution in [0.1, 0.15) is 5.56 Å². The van der Waals surface area contributed by atoms with E-state index < -0.39 is 0 Å². The van der Waals surface area contributed by atoms with Crippen molar-refractivity contribution in [3.63, 3.8) is 0 Å². The second-order valence-corrected chi connectivity index (χ2v) is 7.25. The van der Waals surface area contributed by atoms with E-state index in [-0.39, 0.29) is 0 Å². The van der Waals surface area contributed by atoms with Crippen molar-refractivity contribution in [1.82, 2.24) is 9.78 Å². The van der Waals surface area contributed by atoms with E-state index in [1.165, 1.54) is 11.1 Å². The van der Waals surface area contributed by atoms with Crippen LogP contribution < -0.4 is 5.32 Å². The third kappa shape index (κ3) is 2.45. The van der Waals surface area contributed by atoms with Gasteiger partial charge in [-0.05, 0) is 24.3 Å². The van der Waals surface area contributed by atoms with Crippen molar-refractivity contribution in [2.75, 3.05) is 5.32 Å². The van der Waals surface area contributed by atoms with Crippen LogP contribution in [0.2, 0.25) is 0 Å². The first-order valence-corrected chi connectivity index (χ1v) is 9.37. The number of nitrogens with one attached hydrogen (secondary N) is 1. The molecule has 0 fully saturated rings. The summed E-state index contributed by atoms with van der Waals surface area (Å²) in [6.45, 7) is 0.768. The summed E-state index contributed by atoms with van der Waals surface area (Å²) in [4.78, 5) is 0. The summed E-state index contributed by atoms with van der Waals surface area (Å²) in [5.41, 5.74) is 7.95. The summed E-state index contributed by atoms with van der Waals surface area (Å²) < 4.78 is 3.12. The predicted octanol–water partition coefficient (Wildman–Crippen LogP) is 5.89. The second-order valence-electron chi connectivity index (χ2n) is 6.33. The number of nitrogens with zero attached hydrogens (tertiary/aromatic N) is 2. The SMILES string of the molecule is Brc1cccc(-n2nc(-c3ccccc3)c3c2-c2ccccc2NC3)c1. The molecule has 0 bridgehead atoms. The Morgan fingerprint density at radius 2 is 1.69 bits per heavy atom. The smallest absolute Gasteiger partial charge is 0.0984 e. The number of benzene rings is 3. The highest BCUT2D eigenvalue weighted by Crippen LogP contribution is 2.41. The molecule has 0 spiro atoms. The van der Waals surface area contributed by atoms with Gasteiger partial charge < -0.3 is 5.32 Å². The fraction of sp³-hybridized carbons (Fsp3) is 0.0455. The number of aromatic nitrogens is 2. The number of hydrogen-bond acceptors (Lipinski definition) is 2. The molecule has 26 heavy (non-hydrogen) atoms. The van der Waals surface area contributed by atoms with Gasteiger partial charge in [-0.15, -0.1) is 0 Å². The Kier molecular flexibility index (Phi) is 3.64. The van der Waals surface area contributed by atoms with E-state index in [0.29, 0.717) is 0 Å². The highest BCUT2D eigenvalue weighted by molar-refractivity contribution is 9.10. The van der Waals surface area contributed by atoms with Crippen molar-refractivity contribution < 1.29 is 0 Å². The predicted molar refractivity (Wildman–Crippen MR) is 109 cm³/mol. The number of anilines is 1. The summed E-state index contributed by atoms with van der Waals surface area (Å²) in [5, 5.41) is 8.57. The molecule has 0 aliphatic carbocycles. The van der Waals surface area contributed by atoms with E-state index in [1.54, 1.807) is 0 Å². The van der Waals surface area contributed by atoms with Gasteiger partial charge >= 0.3 is 0 Å². The molecule has 126 valence electrons. The van der Waals surface area contributed by atoms with Crippen LogP contribution in [-0.4, -0.2) is 9.78 Å². The van der Waals surface area contributed by atoms with Gasteiger partial charge in [-0.3, -0.25) is 0 Å². The van der Waals surface area contributed by atoms with E-state index in [0.717, 1.165) is 39.3 Å². The maximum Gasteiger partial charge on any atom is 0.0984 e. The number of fused-ring (bicyclic) bond motifs is 3. The lowest BCUT2D eigenvalue weighted by Gasteiger charge is -2.20. The number of para-hydroxylation sites is 1. The summed E-state index contributed by atoms with van der Waals surface area (Å²) in [7, 11) is 0. The lowest BCUT2D eigenvalue weighted by Crippen LogP contribution is -2.10. The van der Waals surface area contributed by atoms with Crippen molar-refractivity contribution in [1.29, 1.82) is 0 Å². The van der Waals surface area contributed by atoms with Crippen LogP contribution in [0, 0.1) is 0 Å². The van der Waals surface area contributed by atoms with Gasteiger partial charge in [-0.1, -0.05) is 70.5 Å². The molecule has 1 N–H and O–H groups in total. The molecule has 3 nitrogen and oxygen atoms in total. The van der Waals surface area contributed by atoms with Crippen LogP contribution in [0.4, 0.5) is 5.69 Å². The maximum atomic E-state index is 5.03. The summed E-state index contributed by atoms with van der Waals surface area (Å²) in [6, 6.07) is 27.1. The van der Waals surface area contributed by atoms with Crippen LogP contribution in [0.25, 0.3) is 28.2 Å². The van der Waals surface area contributed by atoms with Crippen molar-refractivity contribution >= 4 is 21.6 Å². The van der Waals surface area contributed by atoms with Gasteiger partial charge in [0, 0.05) is 33.4 Å². The summed E-state index contributed by atoms with van der Waals surface area (Å²) >= 11 is 3.59.